The van der Waals surface area contributed by atoms with Gasteiger partial charge < -0.3 is 14.4 Å². The van der Waals surface area contributed by atoms with E-state index in [1.807, 2.05) is 11.0 Å². The highest BCUT2D eigenvalue weighted by Crippen LogP contribution is 2.16. The molecule has 0 saturated carbocycles. The summed E-state index contributed by atoms with van der Waals surface area (Å²) in [6.45, 7) is 7.02. The molecule has 0 aliphatic carbocycles. The minimum Gasteiger partial charge on any atom is -0.463 e. The van der Waals surface area contributed by atoms with Gasteiger partial charge in [-0.3, -0.25) is 0 Å². The predicted molar refractivity (Wildman–Crippen MR) is 72.8 cm³/mol. The maximum absolute atomic E-state index is 5.89. The molecule has 104 valence electrons. The average molecular weight is 285 g/mol. The average Bonchev–Trinajstić information content (AvgIpc) is 2.44. The highest BCUT2D eigenvalue weighted by Gasteiger charge is 2.16. The van der Waals surface area contributed by atoms with Crippen molar-refractivity contribution in [2.75, 3.05) is 37.8 Å². The number of hydrogen-bond donors (Lipinski definition) is 0. The van der Waals surface area contributed by atoms with Gasteiger partial charge in [-0.1, -0.05) is 6.08 Å². The summed E-state index contributed by atoms with van der Waals surface area (Å²) in [5.74, 6) is 0.544. The summed E-state index contributed by atoms with van der Waals surface area (Å²) >= 11 is 5.89. The molecule has 0 aromatic carbocycles. The molecule has 1 aromatic heterocycles. The molecule has 6 nitrogen and oxygen atoms in total. The third-order valence-electron chi connectivity index (χ3n) is 2.65. The van der Waals surface area contributed by atoms with Crippen LogP contribution in [0.1, 0.15) is 12.8 Å². The first-order valence-corrected chi connectivity index (χ1v) is 6.65. The van der Waals surface area contributed by atoms with Gasteiger partial charge in [0.05, 0.1) is 19.8 Å². The molecule has 0 N–H and O–H groups in total. The molecule has 2 rings (SSSR count). The number of unbranched alkanes of at least 4 members (excludes halogenated alkanes) is 1. The van der Waals surface area contributed by atoms with E-state index >= 15 is 0 Å². The lowest BCUT2D eigenvalue weighted by molar-refractivity contribution is 0.122. The number of hydrogen-bond acceptors (Lipinski definition) is 6. The van der Waals surface area contributed by atoms with Crippen LogP contribution >= 0.6 is 11.6 Å². The van der Waals surface area contributed by atoms with Crippen molar-refractivity contribution in [3.63, 3.8) is 0 Å². The summed E-state index contributed by atoms with van der Waals surface area (Å²) in [5, 5.41) is 0.148. The number of ether oxygens (including phenoxy) is 2. The van der Waals surface area contributed by atoms with Crippen LogP contribution in [0.5, 0.6) is 6.01 Å². The molecule has 2 heterocycles. The summed E-state index contributed by atoms with van der Waals surface area (Å²) in [4.78, 5) is 14.4. The van der Waals surface area contributed by atoms with Crippen LogP contribution in [-0.4, -0.2) is 47.9 Å². The lowest BCUT2D eigenvalue weighted by Gasteiger charge is -2.26. The summed E-state index contributed by atoms with van der Waals surface area (Å²) in [7, 11) is 0. The largest absolute Gasteiger partial charge is 0.463 e. The molecule has 1 aromatic rings. The van der Waals surface area contributed by atoms with Crippen molar-refractivity contribution in [3.05, 3.63) is 17.9 Å². The quantitative estimate of drug-likeness (QED) is 0.585. The molecule has 19 heavy (non-hydrogen) atoms. The Morgan fingerprint density at radius 1 is 1.32 bits per heavy atom. The standard InChI is InChI=1S/C12H17ClN4O2/c1-2-3-4-7-19-12-15-10(13)14-11(16-12)17-5-8-18-9-6-17/h2H,1,3-9H2. The van der Waals surface area contributed by atoms with Crippen LogP contribution in [0.2, 0.25) is 5.28 Å². The van der Waals surface area contributed by atoms with Crippen LogP contribution in [0.3, 0.4) is 0 Å². The summed E-state index contributed by atoms with van der Waals surface area (Å²) in [5.41, 5.74) is 0. The maximum Gasteiger partial charge on any atom is 0.322 e. The Hall–Kier alpha value is -1.40. The van der Waals surface area contributed by atoms with Crippen molar-refractivity contribution in [2.24, 2.45) is 0 Å². The smallest absolute Gasteiger partial charge is 0.322 e. The second-order valence-electron chi connectivity index (χ2n) is 4.07. The highest BCUT2D eigenvalue weighted by molar-refractivity contribution is 6.28. The van der Waals surface area contributed by atoms with Gasteiger partial charge in [0.2, 0.25) is 11.2 Å². The molecule has 1 saturated heterocycles. The van der Waals surface area contributed by atoms with E-state index in [2.05, 4.69) is 21.5 Å². The molecule has 0 amide bonds. The number of allylic oxidation sites excluding steroid dienone is 1. The summed E-state index contributed by atoms with van der Waals surface area (Å²) in [6, 6.07) is 0.269. The minimum atomic E-state index is 0.148. The number of rotatable bonds is 6. The van der Waals surface area contributed by atoms with Crippen molar-refractivity contribution < 1.29 is 9.47 Å². The number of nitrogens with zero attached hydrogens (tertiary/aromatic N) is 4. The molecule has 1 aliphatic rings. The number of aromatic nitrogens is 3. The van der Waals surface area contributed by atoms with E-state index in [9.17, 15) is 0 Å². The Morgan fingerprint density at radius 2 is 2.11 bits per heavy atom. The third-order valence-corrected chi connectivity index (χ3v) is 2.82. The van der Waals surface area contributed by atoms with Crippen LogP contribution in [0.15, 0.2) is 12.7 Å². The van der Waals surface area contributed by atoms with Gasteiger partial charge in [0.25, 0.3) is 0 Å². The lowest BCUT2D eigenvalue weighted by atomic mass is 10.3. The topological polar surface area (TPSA) is 60.4 Å². The van der Waals surface area contributed by atoms with Crippen molar-refractivity contribution in [3.8, 4) is 6.01 Å². The first-order chi connectivity index (χ1) is 9.29. The second kappa shape index (κ2) is 7.25. The van der Waals surface area contributed by atoms with Crippen LogP contribution < -0.4 is 9.64 Å². The third kappa shape index (κ3) is 4.33. The van der Waals surface area contributed by atoms with Gasteiger partial charge >= 0.3 is 6.01 Å². The zero-order valence-electron chi connectivity index (χ0n) is 10.7. The molecular weight excluding hydrogens is 268 g/mol. The van der Waals surface area contributed by atoms with Crippen LogP contribution in [-0.2, 0) is 4.74 Å². The normalized spacial score (nSPS) is 15.3. The van der Waals surface area contributed by atoms with Crippen LogP contribution in [0, 0.1) is 0 Å². The summed E-state index contributed by atoms with van der Waals surface area (Å²) in [6.07, 6.45) is 3.62. The Balaban J connectivity index is 1.99. The van der Waals surface area contributed by atoms with Crippen molar-refractivity contribution in [2.45, 2.75) is 12.8 Å². The Labute approximate surface area is 117 Å². The van der Waals surface area contributed by atoms with Crippen molar-refractivity contribution in [1.82, 2.24) is 15.0 Å². The Morgan fingerprint density at radius 3 is 2.84 bits per heavy atom. The van der Waals surface area contributed by atoms with Crippen LogP contribution in [0.4, 0.5) is 5.95 Å². The fourth-order valence-electron chi connectivity index (χ4n) is 1.68. The first kappa shape index (κ1) is 14.0. The van der Waals surface area contributed by atoms with Crippen molar-refractivity contribution in [1.29, 1.82) is 0 Å². The van der Waals surface area contributed by atoms with Gasteiger partial charge in [-0.2, -0.15) is 15.0 Å². The SMILES string of the molecule is C=CCCCOc1nc(Cl)nc(N2CCOCC2)n1. The first-order valence-electron chi connectivity index (χ1n) is 6.27. The Bertz CT molecular complexity index is 424. The summed E-state index contributed by atoms with van der Waals surface area (Å²) < 4.78 is 10.8. The number of halogens is 1. The van der Waals surface area contributed by atoms with Crippen molar-refractivity contribution >= 4 is 17.5 Å². The molecule has 0 spiro atoms. The van der Waals surface area contributed by atoms with Gasteiger partial charge in [-0.25, -0.2) is 0 Å². The monoisotopic (exact) mass is 284 g/mol. The van der Waals surface area contributed by atoms with E-state index in [4.69, 9.17) is 21.1 Å². The molecule has 0 bridgehead atoms. The van der Waals surface area contributed by atoms with E-state index in [0.717, 1.165) is 25.9 Å². The molecule has 1 fully saturated rings. The van der Waals surface area contributed by atoms with Gasteiger partial charge in [0.1, 0.15) is 0 Å². The van der Waals surface area contributed by atoms with Gasteiger partial charge in [-0.15, -0.1) is 6.58 Å². The minimum absolute atomic E-state index is 0.148. The molecule has 0 unspecified atom stereocenters. The van der Waals surface area contributed by atoms with Gasteiger partial charge in [-0.05, 0) is 24.4 Å². The van der Waals surface area contributed by atoms with Gasteiger partial charge in [0, 0.05) is 13.1 Å². The van der Waals surface area contributed by atoms with E-state index in [1.165, 1.54) is 0 Å². The second-order valence-corrected chi connectivity index (χ2v) is 4.40. The zero-order chi connectivity index (χ0) is 13.5. The van der Waals surface area contributed by atoms with E-state index < -0.39 is 0 Å². The van der Waals surface area contributed by atoms with E-state index in [-0.39, 0.29) is 11.3 Å². The fourth-order valence-corrected chi connectivity index (χ4v) is 1.83. The Kier molecular flexibility index (Phi) is 5.35. The molecule has 0 radical (unpaired) electrons. The molecule has 0 atom stereocenters. The molecule has 1 aliphatic heterocycles. The highest BCUT2D eigenvalue weighted by atomic mass is 35.5. The van der Waals surface area contributed by atoms with Gasteiger partial charge in [0.15, 0.2) is 0 Å². The van der Waals surface area contributed by atoms with Crippen LogP contribution in [0.25, 0.3) is 0 Å². The van der Waals surface area contributed by atoms with E-state index in [0.29, 0.717) is 25.8 Å². The predicted octanol–water partition coefficient (Wildman–Crippen LogP) is 1.71. The van der Waals surface area contributed by atoms with E-state index in [1.54, 1.807) is 0 Å². The zero-order valence-corrected chi connectivity index (χ0v) is 11.5. The fraction of sp³-hybridized carbons (Fsp3) is 0.583. The molecule has 7 heteroatoms. The number of morpholine rings is 1. The number of anilines is 1. The molecular formula is C12H17ClN4O2. The lowest BCUT2D eigenvalue weighted by Crippen LogP contribution is -2.37. The maximum atomic E-state index is 5.89.